The normalized spacial score (nSPS) is 16.6. The number of hydrogen-bond donors (Lipinski definition) is 4. The second-order valence-electron chi connectivity index (χ2n) is 8.83. The Labute approximate surface area is 218 Å². The SMILES string of the molecule is CCNC(=NCC(CC)(CC)NC(C)c1ccccc1)NC1CCN(CC(=O)NC)CC1.I. The molecule has 8 heteroatoms. The number of rotatable bonds is 11. The second kappa shape index (κ2) is 15.5. The Morgan fingerprint density at radius 1 is 1.15 bits per heavy atom. The minimum atomic E-state index is -0.0471. The zero-order chi connectivity index (χ0) is 23.4. The van der Waals surface area contributed by atoms with Crippen molar-refractivity contribution in [3.63, 3.8) is 0 Å². The fourth-order valence-corrected chi connectivity index (χ4v) is 4.27. The number of likely N-dealkylation sites (N-methyl/N-ethyl adjacent to an activating group) is 1. The van der Waals surface area contributed by atoms with E-state index in [9.17, 15) is 4.79 Å². The first kappa shape index (κ1) is 29.6. The molecule has 4 N–H and O–H groups in total. The van der Waals surface area contributed by atoms with Gasteiger partial charge in [-0.25, -0.2) is 0 Å². The summed E-state index contributed by atoms with van der Waals surface area (Å²) in [6.45, 7) is 12.7. The first-order chi connectivity index (χ1) is 15.4. The number of amides is 1. The standard InChI is InChI=1S/C25H44N6O.HI/c1-6-25(7-2,30-20(4)21-12-10-9-11-13-21)19-28-24(27-8-3)29-22-14-16-31(17-15-22)18-23(32)26-5;/h9-13,20,22,30H,6-8,14-19H2,1-5H3,(H,26,32)(H2,27,28,29);1H. The van der Waals surface area contributed by atoms with Crippen LogP contribution < -0.4 is 21.3 Å². The molecule has 1 aliphatic heterocycles. The van der Waals surface area contributed by atoms with E-state index in [4.69, 9.17) is 4.99 Å². The summed E-state index contributed by atoms with van der Waals surface area (Å²) in [7, 11) is 1.69. The maximum Gasteiger partial charge on any atom is 0.233 e. The summed E-state index contributed by atoms with van der Waals surface area (Å²) in [4.78, 5) is 18.8. The number of benzene rings is 1. The topological polar surface area (TPSA) is 80.8 Å². The van der Waals surface area contributed by atoms with Crippen molar-refractivity contribution in [1.29, 1.82) is 0 Å². The number of guanidine groups is 1. The molecule has 0 aliphatic carbocycles. The lowest BCUT2D eigenvalue weighted by Gasteiger charge is -2.36. The van der Waals surface area contributed by atoms with E-state index >= 15 is 0 Å². The van der Waals surface area contributed by atoms with Crippen LogP contribution in [0.15, 0.2) is 35.3 Å². The molecule has 1 aromatic carbocycles. The first-order valence-electron chi connectivity index (χ1n) is 12.3. The van der Waals surface area contributed by atoms with Crippen LogP contribution >= 0.6 is 24.0 Å². The Hall–Kier alpha value is -1.39. The lowest BCUT2D eigenvalue weighted by molar-refractivity contribution is -0.122. The summed E-state index contributed by atoms with van der Waals surface area (Å²) in [6, 6.07) is 11.3. The Morgan fingerprint density at radius 3 is 2.33 bits per heavy atom. The molecule has 1 aliphatic rings. The largest absolute Gasteiger partial charge is 0.358 e. The molecule has 33 heavy (non-hydrogen) atoms. The number of piperidine rings is 1. The van der Waals surface area contributed by atoms with E-state index in [1.807, 2.05) is 0 Å². The highest BCUT2D eigenvalue weighted by atomic mass is 127. The number of hydrogen-bond acceptors (Lipinski definition) is 4. The maximum absolute atomic E-state index is 11.6. The molecule has 1 atom stereocenters. The van der Waals surface area contributed by atoms with E-state index < -0.39 is 0 Å². The van der Waals surface area contributed by atoms with Crippen molar-refractivity contribution in [2.45, 2.75) is 71.0 Å². The van der Waals surface area contributed by atoms with Crippen LogP contribution in [0.3, 0.4) is 0 Å². The summed E-state index contributed by atoms with van der Waals surface area (Å²) in [5, 5.41) is 13.6. The molecular weight excluding hydrogens is 527 g/mol. The smallest absolute Gasteiger partial charge is 0.233 e. The lowest BCUT2D eigenvalue weighted by Crippen LogP contribution is -2.52. The number of carbonyl (C=O) groups excluding carboxylic acids is 1. The zero-order valence-electron chi connectivity index (χ0n) is 21.1. The van der Waals surface area contributed by atoms with Gasteiger partial charge in [0.25, 0.3) is 0 Å². The monoisotopic (exact) mass is 572 g/mol. The number of carbonyl (C=O) groups is 1. The van der Waals surface area contributed by atoms with Crippen molar-refractivity contribution in [1.82, 2.24) is 26.2 Å². The van der Waals surface area contributed by atoms with Gasteiger partial charge in [0.15, 0.2) is 5.96 Å². The fourth-order valence-electron chi connectivity index (χ4n) is 4.27. The van der Waals surface area contributed by atoms with Gasteiger partial charge in [0, 0.05) is 44.3 Å². The van der Waals surface area contributed by atoms with Crippen molar-refractivity contribution in [2.75, 3.05) is 39.8 Å². The van der Waals surface area contributed by atoms with Gasteiger partial charge in [-0.1, -0.05) is 44.2 Å². The quantitative estimate of drug-likeness (QED) is 0.186. The Balaban J connectivity index is 0.00000544. The molecule has 1 amide bonds. The van der Waals surface area contributed by atoms with E-state index in [2.05, 4.69) is 84.2 Å². The van der Waals surface area contributed by atoms with Gasteiger partial charge in [0.1, 0.15) is 0 Å². The molecule has 0 spiro atoms. The molecule has 0 aromatic heterocycles. The highest BCUT2D eigenvalue weighted by molar-refractivity contribution is 14.0. The second-order valence-corrected chi connectivity index (χ2v) is 8.83. The third-order valence-corrected chi connectivity index (χ3v) is 6.63. The van der Waals surface area contributed by atoms with Gasteiger partial charge < -0.3 is 21.3 Å². The summed E-state index contributed by atoms with van der Waals surface area (Å²) >= 11 is 0. The van der Waals surface area contributed by atoms with Gasteiger partial charge in [0.2, 0.25) is 5.91 Å². The van der Waals surface area contributed by atoms with Gasteiger partial charge in [-0.15, -0.1) is 24.0 Å². The van der Waals surface area contributed by atoms with Crippen molar-refractivity contribution >= 4 is 35.8 Å². The average Bonchev–Trinajstić information content (AvgIpc) is 2.83. The van der Waals surface area contributed by atoms with E-state index in [0.29, 0.717) is 12.6 Å². The third kappa shape index (κ3) is 9.78. The molecule has 2 rings (SSSR count). The lowest BCUT2D eigenvalue weighted by atomic mass is 9.90. The molecule has 0 saturated carbocycles. The first-order valence-corrected chi connectivity index (χ1v) is 12.3. The van der Waals surface area contributed by atoms with Crippen LogP contribution in [0.1, 0.15) is 65.0 Å². The molecule has 1 heterocycles. The zero-order valence-corrected chi connectivity index (χ0v) is 23.4. The number of nitrogens with one attached hydrogen (secondary N) is 4. The Morgan fingerprint density at radius 2 is 1.79 bits per heavy atom. The highest BCUT2D eigenvalue weighted by Crippen LogP contribution is 2.22. The van der Waals surface area contributed by atoms with Crippen LogP contribution in [-0.2, 0) is 4.79 Å². The Bertz CT molecular complexity index is 702. The number of nitrogens with zero attached hydrogens (tertiary/aromatic N) is 2. The van der Waals surface area contributed by atoms with Crippen LogP contribution in [0, 0.1) is 0 Å². The molecule has 1 aromatic rings. The van der Waals surface area contributed by atoms with Crippen molar-refractivity contribution < 1.29 is 4.79 Å². The van der Waals surface area contributed by atoms with Gasteiger partial charge in [-0.2, -0.15) is 0 Å². The van der Waals surface area contributed by atoms with Gasteiger partial charge in [0.05, 0.1) is 13.1 Å². The molecule has 0 radical (unpaired) electrons. The molecule has 1 fully saturated rings. The minimum absolute atomic E-state index is 0. The number of aliphatic imine (C=N–C) groups is 1. The van der Waals surface area contributed by atoms with E-state index in [-0.39, 0.29) is 41.5 Å². The molecule has 7 nitrogen and oxygen atoms in total. The Kier molecular flexibility index (Phi) is 13.9. The maximum atomic E-state index is 11.6. The molecule has 1 unspecified atom stereocenters. The fraction of sp³-hybridized carbons (Fsp3) is 0.680. The van der Waals surface area contributed by atoms with E-state index in [1.54, 1.807) is 7.05 Å². The van der Waals surface area contributed by atoms with Crippen LogP contribution in [0.25, 0.3) is 0 Å². The van der Waals surface area contributed by atoms with Gasteiger partial charge in [-0.05, 0) is 45.1 Å². The molecule has 1 saturated heterocycles. The number of likely N-dealkylation sites (tertiary alicyclic amines) is 1. The predicted octanol–water partition coefficient (Wildman–Crippen LogP) is 3.28. The van der Waals surface area contributed by atoms with Crippen molar-refractivity contribution in [3.05, 3.63) is 35.9 Å². The predicted molar refractivity (Wildman–Crippen MR) is 149 cm³/mol. The van der Waals surface area contributed by atoms with E-state index in [1.165, 1.54) is 5.56 Å². The van der Waals surface area contributed by atoms with Crippen LogP contribution in [0.2, 0.25) is 0 Å². The van der Waals surface area contributed by atoms with E-state index in [0.717, 1.165) is 57.8 Å². The minimum Gasteiger partial charge on any atom is -0.358 e. The van der Waals surface area contributed by atoms with Gasteiger partial charge in [-0.3, -0.25) is 14.7 Å². The molecule has 0 bridgehead atoms. The summed E-state index contributed by atoms with van der Waals surface area (Å²) in [5.41, 5.74) is 1.25. The summed E-state index contributed by atoms with van der Waals surface area (Å²) in [5.74, 6) is 0.969. The average molecular weight is 573 g/mol. The van der Waals surface area contributed by atoms with Crippen LogP contribution in [-0.4, -0.2) is 68.1 Å². The number of halogens is 1. The van der Waals surface area contributed by atoms with Crippen LogP contribution in [0.5, 0.6) is 0 Å². The molecule has 188 valence electrons. The van der Waals surface area contributed by atoms with Crippen molar-refractivity contribution in [2.24, 2.45) is 4.99 Å². The van der Waals surface area contributed by atoms with Crippen LogP contribution in [0.4, 0.5) is 0 Å². The van der Waals surface area contributed by atoms with Crippen molar-refractivity contribution in [3.8, 4) is 0 Å². The third-order valence-electron chi connectivity index (χ3n) is 6.63. The highest BCUT2D eigenvalue weighted by Gasteiger charge is 2.28. The molecular formula is C25H45IN6O. The summed E-state index contributed by atoms with van der Waals surface area (Å²) in [6.07, 6.45) is 4.05. The van der Waals surface area contributed by atoms with Gasteiger partial charge >= 0.3 is 0 Å². The summed E-state index contributed by atoms with van der Waals surface area (Å²) < 4.78 is 0.